The van der Waals surface area contributed by atoms with Gasteiger partial charge < -0.3 is 10.2 Å². The van der Waals surface area contributed by atoms with Crippen molar-refractivity contribution in [3.63, 3.8) is 0 Å². The minimum atomic E-state index is 0.0485. The van der Waals surface area contributed by atoms with Crippen LogP contribution in [0, 0.1) is 0 Å². The summed E-state index contributed by atoms with van der Waals surface area (Å²) in [5, 5.41) is 4.32. The zero-order valence-corrected chi connectivity index (χ0v) is 17.3. The fourth-order valence-electron chi connectivity index (χ4n) is 3.80. The second-order valence-corrected chi connectivity index (χ2v) is 7.84. The molecule has 1 unspecified atom stereocenters. The Labute approximate surface area is 172 Å². The van der Waals surface area contributed by atoms with E-state index in [1.165, 1.54) is 5.56 Å². The molecular weight excluding hydrogens is 418 g/mol. The number of aromatic nitrogens is 3. The molecule has 1 saturated heterocycles. The molecule has 144 valence electrons. The Morgan fingerprint density at radius 3 is 2.86 bits per heavy atom. The van der Waals surface area contributed by atoms with E-state index >= 15 is 0 Å². The van der Waals surface area contributed by atoms with Crippen LogP contribution in [-0.2, 0) is 6.42 Å². The lowest BCUT2D eigenvalue weighted by atomic mass is 10.0. The number of likely N-dealkylation sites (tertiary alicyclic amines) is 1. The number of pyridine rings is 1. The number of hydrogen-bond acceptors (Lipinski definition) is 5. The number of carbonyl (C=O) groups is 1. The zero-order valence-electron chi connectivity index (χ0n) is 15.7. The lowest BCUT2D eigenvalue weighted by Crippen LogP contribution is -2.39. The molecule has 0 bridgehead atoms. The van der Waals surface area contributed by atoms with Gasteiger partial charge in [-0.2, -0.15) is 0 Å². The van der Waals surface area contributed by atoms with Crippen molar-refractivity contribution in [2.75, 3.05) is 18.4 Å². The summed E-state index contributed by atoms with van der Waals surface area (Å²) in [7, 11) is 0. The maximum absolute atomic E-state index is 13.3. The summed E-state index contributed by atoms with van der Waals surface area (Å²) in [6, 6.07) is 8.03. The highest BCUT2D eigenvalue weighted by atomic mass is 79.9. The lowest BCUT2D eigenvalue weighted by Gasteiger charge is -2.25. The van der Waals surface area contributed by atoms with Gasteiger partial charge in [0.2, 0.25) is 5.95 Å². The van der Waals surface area contributed by atoms with Crippen molar-refractivity contribution in [2.24, 2.45) is 0 Å². The summed E-state index contributed by atoms with van der Waals surface area (Å²) in [6.07, 6.45) is 8.09. The van der Waals surface area contributed by atoms with Crippen molar-refractivity contribution < 1.29 is 4.79 Å². The molecule has 7 heteroatoms. The van der Waals surface area contributed by atoms with Gasteiger partial charge in [-0.3, -0.25) is 9.78 Å². The summed E-state index contributed by atoms with van der Waals surface area (Å²) in [6.45, 7) is 3.51. The van der Waals surface area contributed by atoms with Crippen LogP contribution >= 0.6 is 15.9 Å². The average molecular weight is 440 g/mol. The molecule has 1 aliphatic heterocycles. The maximum atomic E-state index is 13.3. The Hall–Kier alpha value is -2.54. The third-order valence-corrected chi connectivity index (χ3v) is 5.64. The average Bonchev–Trinajstić information content (AvgIpc) is 3.20. The van der Waals surface area contributed by atoms with E-state index in [0.29, 0.717) is 18.1 Å². The van der Waals surface area contributed by atoms with Crippen LogP contribution in [-0.4, -0.2) is 44.9 Å². The van der Waals surface area contributed by atoms with Crippen LogP contribution in [0.15, 0.2) is 47.3 Å². The Morgan fingerprint density at radius 1 is 1.25 bits per heavy atom. The smallest absolute Gasteiger partial charge is 0.256 e. The Morgan fingerprint density at radius 2 is 2.07 bits per heavy atom. The molecule has 2 aromatic heterocycles. The number of aryl methyl sites for hydroxylation is 1. The molecule has 28 heavy (non-hydrogen) atoms. The predicted molar refractivity (Wildman–Crippen MR) is 113 cm³/mol. The first kappa shape index (κ1) is 18.8. The first-order chi connectivity index (χ1) is 13.7. The van der Waals surface area contributed by atoms with Gasteiger partial charge in [0.05, 0.1) is 15.6 Å². The summed E-state index contributed by atoms with van der Waals surface area (Å²) in [5.41, 5.74) is 2.69. The van der Waals surface area contributed by atoms with Crippen LogP contribution in [0.3, 0.4) is 0 Å². The molecule has 1 N–H and O–H groups in total. The van der Waals surface area contributed by atoms with Gasteiger partial charge in [0, 0.05) is 43.1 Å². The molecule has 1 aromatic carbocycles. The number of hydrogen-bond donors (Lipinski definition) is 1. The second kappa shape index (κ2) is 8.22. The van der Waals surface area contributed by atoms with Crippen molar-refractivity contribution in [1.29, 1.82) is 0 Å². The van der Waals surface area contributed by atoms with Gasteiger partial charge in [-0.1, -0.05) is 19.1 Å². The fraction of sp³-hybridized carbons (Fsp3) is 0.333. The Bertz CT molecular complexity index is 992. The Kier molecular flexibility index (Phi) is 5.52. The molecule has 1 atom stereocenters. The van der Waals surface area contributed by atoms with Crippen molar-refractivity contribution in [3.8, 4) is 0 Å². The number of rotatable bonds is 5. The van der Waals surface area contributed by atoms with E-state index in [0.717, 1.165) is 41.2 Å². The fourth-order valence-corrected chi connectivity index (χ4v) is 4.00. The number of amides is 1. The minimum Gasteiger partial charge on any atom is -0.352 e. The number of fused-ring (bicyclic) bond motifs is 1. The van der Waals surface area contributed by atoms with Gasteiger partial charge in [-0.05, 0) is 52.9 Å². The van der Waals surface area contributed by atoms with E-state index < -0.39 is 0 Å². The van der Waals surface area contributed by atoms with Crippen molar-refractivity contribution in [2.45, 2.75) is 32.2 Å². The van der Waals surface area contributed by atoms with Crippen LogP contribution in [0.25, 0.3) is 10.9 Å². The van der Waals surface area contributed by atoms with E-state index in [1.54, 1.807) is 18.6 Å². The summed E-state index contributed by atoms with van der Waals surface area (Å²) < 4.78 is 0.839. The highest BCUT2D eigenvalue weighted by molar-refractivity contribution is 9.10. The molecule has 0 spiro atoms. The van der Waals surface area contributed by atoms with Gasteiger partial charge in [0.1, 0.15) is 0 Å². The van der Waals surface area contributed by atoms with E-state index in [4.69, 9.17) is 0 Å². The largest absolute Gasteiger partial charge is 0.352 e. The first-order valence-electron chi connectivity index (χ1n) is 9.56. The summed E-state index contributed by atoms with van der Waals surface area (Å²) in [5.74, 6) is 0.620. The van der Waals surface area contributed by atoms with E-state index in [-0.39, 0.29) is 11.9 Å². The molecule has 1 amide bonds. The monoisotopic (exact) mass is 439 g/mol. The Balaban J connectivity index is 1.55. The summed E-state index contributed by atoms with van der Waals surface area (Å²) >= 11 is 3.34. The molecule has 6 nitrogen and oxygen atoms in total. The van der Waals surface area contributed by atoms with E-state index in [9.17, 15) is 4.79 Å². The van der Waals surface area contributed by atoms with Crippen LogP contribution < -0.4 is 5.32 Å². The van der Waals surface area contributed by atoms with Gasteiger partial charge in [0.25, 0.3) is 5.91 Å². The van der Waals surface area contributed by atoms with E-state index in [2.05, 4.69) is 43.1 Å². The van der Waals surface area contributed by atoms with Crippen molar-refractivity contribution >= 4 is 38.7 Å². The number of carbonyl (C=O) groups excluding carboxylic acids is 1. The normalized spacial score (nSPS) is 16.5. The standard InChI is InChI=1S/C21H22BrN5O/c1-2-14-8-9-23-19-17(14)6-3-7-18(19)20(28)27-10-4-5-16(27)13-26-21-24-11-15(22)12-25-21/h3,6-9,11-12,16H,2,4-5,10,13H2,1H3,(H,24,25,26). The van der Waals surface area contributed by atoms with Gasteiger partial charge in [0.15, 0.2) is 0 Å². The molecular formula is C21H22BrN5O. The third-order valence-electron chi connectivity index (χ3n) is 5.23. The van der Waals surface area contributed by atoms with Crippen LogP contribution in [0.5, 0.6) is 0 Å². The molecule has 0 aliphatic carbocycles. The van der Waals surface area contributed by atoms with Crippen molar-refractivity contribution in [1.82, 2.24) is 19.9 Å². The third kappa shape index (κ3) is 3.71. The topological polar surface area (TPSA) is 71.0 Å². The lowest BCUT2D eigenvalue weighted by molar-refractivity contribution is 0.0745. The number of nitrogens with one attached hydrogen (secondary N) is 1. The zero-order chi connectivity index (χ0) is 19.5. The van der Waals surface area contributed by atoms with Crippen LogP contribution in [0.1, 0.15) is 35.7 Å². The number of benzene rings is 1. The molecule has 0 saturated carbocycles. The number of halogens is 1. The molecule has 1 aliphatic rings. The first-order valence-corrected chi connectivity index (χ1v) is 10.4. The minimum absolute atomic E-state index is 0.0485. The van der Waals surface area contributed by atoms with Gasteiger partial charge >= 0.3 is 0 Å². The van der Waals surface area contributed by atoms with Gasteiger partial charge in [-0.15, -0.1) is 0 Å². The molecule has 0 radical (unpaired) electrons. The molecule has 1 fully saturated rings. The molecule has 4 rings (SSSR count). The summed E-state index contributed by atoms with van der Waals surface area (Å²) in [4.78, 5) is 28.3. The van der Waals surface area contributed by atoms with E-state index in [1.807, 2.05) is 29.2 Å². The highest BCUT2D eigenvalue weighted by Crippen LogP contribution is 2.25. The number of nitrogens with zero attached hydrogens (tertiary/aromatic N) is 4. The molecule has 3 heterocycles. The maximum Gasteiger partial charge on any atom is 0.256 e. The van der Waals surface area contributed by atoms with Crippen LogP contribution in [0.2, 0.25) is 0 Å². The number of para-hydroxylation sites is 1. The quantitative estimate of drug-likeness (QED) is 0.648. The molecule has 3 aromatic rings. The second-order valence-electron chi connectivity index (χ2n) is 6.93. The SMILES string of the molecule is CCc1ccnc2c(C(=O)N3CCCC3CNc3ncc(Br)cn3)cccc12. The van der Waals surface area contributed by atoms with Gasteiger partial charge in [-0.25, -0.2) is 9.97 Å². The highest BCUT2D eigenvalue weighted by Gasteiger charge is 2.30. The predicted octanol–water partition coefficient (Wildman–Crippen LogP) is 4.07. The van der Waals surface area contributed by atoms with Crippen molar-refractivity contribution in [3.05, 3.63) is 58.5 Å². The van der Waals surface area contributed by atoms with Crippen LogP contribution in [0.4, 0.5) is 5.95 Å². The number of anilines is 1.